The molecule has 0 bridgehead atoms. The van der Waals surface area contributed by atoms with Crippen LogP contribution < -0.4 is 4.72 Å². The lowest BCUT2D eigenvalue weighted by molar-refractivity contribution is 0.565. The van der Waals surface area contributed by atoms with Crippen molar-refractivity contribution in [1.82, 2.24) is 10.2 Å². The van der Waals surface area contributed by atoms with Crippen LogP contribution >= 0.6 is 0 Å². The molecule has 0 radical (unpaired) electrons. The largest absolute Gasteiger partial charge is 0.266 e. The van der Waals surface area contributed by atoms with Crippen LogP contribution in [0.3, 0.4) is 0 Å². The van der Waals surface area contributed by atoms with Gasteiger partial charge in [0.1, 0.15) is 11.6 Å². The molecule has 1 rings (SSSR count). The highest BCUT2D eigenvalue weighted by atomic mass is 32.2. The Kier molecular flexibility index (Phi) is 2.73. The molecule has 0 aromatic carbocycles. The minimum atomic E-state index is -3.53. The number of aromatic amines is 1. The van der Waals surface area contributed by atoms with Gasteiger partial charge in [0.2, 0.25) is 10.0 Å². The topological polar surface area (TPSA) is 98.6 Å². The van der Waals surface area contributed by atoms with Crippen LogP contribution in [0.4, 0.5) is 5.82 Å². The first kappa shape index (κ1) is 11.5. The van der Waals surface area contributed by atoms with E-state index in [9.17, 15) is 8.42 Å². The van der Waals surface area contributed by atoms with Crippen molar-refractivity contribution in [2.24, 2.45) is 0 Å². The molecule has 15 heavy (non-hydrogen) atoms. The maximum Gasteiger partial charge on any atom is 0.238 e. The lowest BCUT2D eigenvalue weighted by atomic mass is 10.3. The van der Waals surface area contributed by atoms with Crippen LogP contribution in [0.15, 0.2) is 6.20 Å². The molecule has 1 aromatic rings. The molecule has 0 spiro atoms. The molecule has 2 N–H and O–H groups in total. The van der Waals surface area contributed by atoms with Crippen molar-refractivity contribution < 1.29 is 8.42 Å². The highest BCUT2D eigenvalue weighted by Gasteiger charge is 2.29. The smallest absolute Gasteiger partial charge is 0.238 e. The average Bonchev–Trinajstić information content (AvgIpc) is 2.48. The van der Waals surface area contributed by atoms with E-state index in [2.05, 4.69) is 14.9 Å². The Hall–Kier alpha value is -1.55. The highest BCUT2D eigenvalue weighted by molar-refractivity contribution is 7.94. The fourth-order valence-electron chi connectivity index (χ4n) is 0.736. The molecule has 6 nitrogen and oxygen atoms in total. The third-order valence-corrected chi connectivity index (χ3v) is 3.89. The fourth-order valence-corrected chi connectivity index (χ4v) is 1.47. The van der Waals surface area contributed by atoms with Crippen LogP contribution in [-0.4, -0.2) is 23.4 Å². The molecule has 0 atom stereocenters. The first-order valence-corrected chi connectivity index (χ1v) is 5.72. The van der Waals surface area contributed by atoms with Crippen LogP contribution in [0.25, 0.3) is 0 Å². The molecule has 1 heterocycles. The van der Waals surface area contributed by atoms with Gasteiger partial charge in [0.25, 0.3) is 0 Å². The standard InChI is InChI=1S/C8H12N4O2S/c1-8(2,3)15(13,14)12-7-6(4-9)5-10-11-7/h5H,1-3H3,(H2,10,11,12). The number of nitrogens with zero attached hydrogens (tertiary/aromatic N) is 2. The van der Waals surface area contributed by atoms with E-state index in [1.807, 2.05) is 6.07 Å². The summed E-state index contributed by atoms with van der Waals surface area (Å²) in [7, 11) is -3.53. The summed E-state index contributed by atoms with van der Waals surface area (Å²) in [4.78, 5) is 0. The van der Waals surface area contributed by atoms with E-state index < -0.39 is 14.8 Å². The van der Waals surface area contributed by atoms with Crippen LogP contribution in [0.2, 0.25) is 0 Å². The summed E-state index contributed by atoms with van der Waals surface area (Å²) in [6.07, 6.45) is 1.26. The Balaban J connectivity index is 3.04. The van der Waals surface area contributed by atoms with Gasteiger partial charge in [-0.25, -0.2) is 8.42 Å². The van der Waals surface area contributed by atoms with Crippen LogP contribution in [0, 0.1) is 11.3 Å². The second kappa shape index (κ2) is 3.55. The van der Waals surface area contributed by atoms with E-state index in [0.717, 1.165) is 0 Å². The third-order valence-electron chi connectivity index (χ3n) is 1.80. The Labute approximate surface area is 88.4 Å². The lowest BCUT2D eigenvalue weighted by Gasteiger charge is -2.19. The number of hydrogen-bond acceptors (Lipinski definition) is 4. The van der Waals surface area contributed by atoms with Crippen molar-refractivity contribution >= 4 is 15.8 Å². The second-order valence-corrected chi connectivity index (χ2v) is 6.42. The molecule has 0 unspecified atom stereocenters. The maximum atomic E-state index is 11.7. The number of H-pyrrole nitrogens is 1. The molecule has 0 aliphatic rings. The quantitative estimate of drug-likeness (QED) is 0.782. The van der Waals surface area contributed by atoms with Gasteiger partial charge < -0.3 is 0 Å². The van der Waals surface area contributed by atoms with Gasteiger partial charge in [0.15, 0.2) is 5.82 Å². The molecular formula is C8H12N4O2S. The Morgan fingerprint density at radius 1 is 1.53 bits per heavy atom. The van der Waals surface area contributed by atoms with Crippen LogP contribution in [0.5, 0.6) is 0 Å². The predicted octanol–water partition coefficient (Wildman–Crippen LogP) is 0.822. The minimum Gasteiger partial charge on any atom is -0.266 e. The zero-order valence-corrected chi connectivity index (χ0v) is 9.51. The van der Waals surface area contributed by atoms with Gasteiger partial charge in [-0.1, -0.05) is 0 Å². The number of aromatic nitrogens is 2. The molecule has 0 aliphatic heterocycles. The van der Waals surface area contributed by atoms with E-state index in [4.69, 9.17) is 5.26 Å². The summed E-state index contributed by atoms with van der Waals surface area (Å²) in [6.45, 7) is 4.70. The number of rotatable bonds is 2. The first-order chi connectivity index (χ1) is 6.78. The predicted molar refractivity (Wildman–Crippen MR) is 55.6 cm³/mol. The molecule has 0 saturated heterocycles. The third kappa shape index (κ3) is 2.27. The number of anilines is 1. The van der Waals surface area contributed by atoms with Gasteiger partial charge in [0.05, 0.1) is 10.9 Å². The molecule has 7 heteroatoms. The van der Waals surface area contributed by atoms with Crippen molar-refractivity contribution in [2.45, 2.75) is 25.5 Å². The van der Waals surface area contributed by atoms with Gasteiger partial charge in [-0.05, 0) is 20.8 Å². The Morgan fingerprint density at radius 3 is 2.60 bits per heavy atom. The molecule has 0 amide bonds. The van der Waals surface area contributed by atoms with E-state index in [1.54, 1.807) is 20.8 Å². The zero-order valence-electron chi connectivity index (χ0n) is 8.70. The minimum absolute atomic E-state index is 0.104. The fraction of sp³-hybridized carbons (Fsp3) is 0.500. The summed E-state index contributed by atoms with van der Waals surface area (Å²) in [5, 5.41) is 14.7. The van der Waals surface area contributed by atoms with E-state index in [0.29, 0.717) is 0 Å². The van der Waals surface area contributed by atoms with Gasteiger partial charge in [0, 0.05) is 0 Å². The normalized spacial score (nSPS) is 12.1. The summed E-state index contributed by atoms with van der Waals surface area (Å²) in [6, 6.07) is 1.83. The van der Waals surface area contributed by atoms with Crippen molar-refractivity contribution in [3.05, 3.63) is 11.8 Å². The molecule has 0 saturated carbocycles. The SMILES string of the molecule is CC(C)(C)S(=O)(=O)Nc1[nH]ncc1C#N. The summed E-state index contributed by atoms with van der Waals surface area (Å²) >= 11 is 0. The van der Waals surface area contributed by atoms with Crippen molar-refractivity contribution in [2.75, 3.05) is 4.72 Å². The summed E-state index contributed by atoms with van der Waals surface area (Å²) in [5.74, 6) is 0.104. The van der Waals surface area contributed by atoms with Gasteiger partial charge in [-0.2, -0.15) is 10.4 Å². The van der Waals surface area contributed by atoms with Crippen molar-refractivity contribution in [3.8, 4) is 6.07 Å². The number of nitriles is 1. The Morgan fingerprint density at radius 2 is 2.13 bits per heavy atom. The first-order valence-electron chi connectivity index (χ1n) is 4.24. The van der Waals surface area contributed by atoms with Gasteiger partial charge in [-0.3, -0.25) is 9.82 Å². The van der Waals surface area contributed by atoms with Crippen LogP contribution in [0.1, 0.15) is 26.3 Å². The molecule has 1 aromatic heterocycles. The van der Waals surface area contributed by atoms with E-state index >= 15 is 0 Å². The molecule has 82 valence electrons. The maximum absolute atomic E-state index is 11.7. The molecule has 0 aliphatic carbocycles. The second-order valence-electron chi connectivity index (χ2n) is 3.99. The van der Waals surface area contributed by atoms with Crippen molar-refractivity contribution in [1.29, 1.82) is 5.26 Å². The summed E-state index contributed by atoms with van der Waals surface area (Å²) in [5.41, 5.74) is 0.169. The lowest BCUT2D eigenvalue weighted by Crippen LogP contribution is -2.34. The van der Waals surface area contributed by atoms with Gasteiger partial charge >= 0.3 is 0 Å². The summed E-state index contributed by atoms with van der Waals surface area (Å²) < 4.78 is 24.8. The number of nitrogens with one attached hydrogen (secondary N) is 2. The Bertz CT molecular complexity index is 489. The molecule has 0 fully saturated rings. The van der Waals surface area contributed by atoms with Crippen LogP contribution in [-0.2, 0) is 10.0 Å². The number of hydrogen-bond donors (Lipinski definition) is 2. The molecular weight excluding hydrogens is 216 g/mol. The number of sulfonamides is 1. The van der Waals surface area contributed by atoms with E-state index in [-0.39, 0.29) is 11.4 Å². The highest BCUT2D eigenvalue weighted by Crippen LogP contribution is 2.19. The van der Waals surface area contributed by atoms with Gasteiger partial charge in [-0.15, -0.1) is 0 Å². The average molecular weight is 228 g/mol. The zero-order chi connectivity index (χ0) is 11.7. The monoisotopic (exact) mass is 228 g/mol. The van der Waals surface area contributed by atoms with E-state index in [1.165, 1.54) is 6.20 Å². The van der Waals surface area contributed by atoms with Crippen molar-refractivity contribution in [3.63, 3.8) is 0 Å².